The number of hydrogen-bond acceptors (Lipinski definition) is 2. The number of carbonyl (C=O) groups is 2. The van der Waals surface area contributed by atoms with Crippen LogP contribution in [0.2, 0.25) is 0 Å². The highest BCUT2D eigenvalue weighted by molar-refractivity contribution is 6.21. The van der Waals surface area contributed by atoms with Crippen LogP contribution in [0.5, 0.6) is 0 Å². The molecule has 0 aliphatic carbocycles. The average Bonchev–Trinajstić information content (AvgIpc) is 2.35. The molecule has 2 aromatic rings. The van der Waals surface area contributed by atoms with Crippen LogP contribution in [0.4, 0.5) is 0 Å². The molecule has 0 unspecified atom stereocenters. The Morgan fingerprint density at radius 1 is 1.06 bits per heavy atom. The van der Waals surface area contributed by atoms with E-state index in [0.29, 0.717) is 11.8 Å². The lowest BCUT2D eigenvalue weighted by Crippen LogP contribution is -2.00. The lowest BCUT2D eigenvalue weighted by atomic mass is 9.98. The molecule has 0 radical (unpaired) electrons. The second-order valence-corrected chi connectivity index (χ2v) is 3.55. The third kappa shape index (κ3) is 2.08. The van der Waals surface area contributed by atoms with E-state index in [4.69, 9.17) is 5.11 Å². The molecule has 0 aromatic heterocycles. The smallest absolute Gasteiger partial charge is 0.336 e. The van der Waals surface area contributed by atoms with Crippen molar-refractivity contribution in [3.05, 3.63) is 54.1 Å². The van der Waals surface area contributed by atoms with Gasteiger partial charge in [-0.3, -0.25) is 4.79 Å². The van der Waals surface area contributed by atoms with Gasteiger partial charge in [0.2, 0.25) is 0 Å². The molecular weight excluding hydrogens is 216 g/mol. The number of rotatable bonds is 3. The fraction of sp³-hybridized carbons (Fsp3) is 0. The van der Waals surface area contributed by atoms with E-state index in [-0.39, 0.29) is 5.57 Å². The van der Waals surface area contributed by atoms with Crippen LogP contribution in [0.3, 0.4) is 0 Å². The van der Waals surface area contributed by atoms with Gasteiger partial charge in [0.05, 0.1) is 5.57 Å². The van der Waals surface area contributed by atoms with E-state index in [9.17, 15) is 9.59 Å². The summed E-state index contributed by atoms with van der Waals surface area (Å²) in [6.07, 6.45) is 1.56. The second kappa shape index (κ2) is 4.61. The molecule has 3 heteroatoms. The van der Waals surface area contributed by atoms with Gasteiger partial charge in [-0.1, -0.05) is 42.5 Å². The van der Waals surface area contributed by atoms with Gasteiger partial charge in [-0.05, 0) is 22.4 Å². The van der Waals surface area contributed by atoms with Crippen LogP contribution in [-0.4, -0.2) is 17.4 Å². The number of fused-ring (bicyclic) bond motifs is 1. The number of aldehydes is 1. The monoisotopic (exact) mass is 226 g/mol. The van der Waals surface area contributed by atoms with E-state index in [1.54, 1.807) is 12.1 Å². The fourth-order valence-corrected chi connectivity index (χ4v) is 1.80. The minimum atomic E-state index is -1.10. The summed E-state index contributed by atoms with van der Waals surface area (Å²) in [7, 11) is 0. The SMILES string of the molecule is O=C/C=C(/C(=O)O)c1cccc2ccccc12. The van der Waals surface area contributed by atoms with Crippen molar-refractivity contribution in [1.29, 1.82) is 0 Å². The summed E-state index contributed by atoms with van der Waals surface area (Å²) in [5.74, 6) is -1.10. The molecule has 0 aliphatic rings. The van der Waals surface area contributed by atoms with Gasteiger partial charge in [0.1, 0.15) is 6.29 Å². The summed E-state index contributed by atoms with van der Waals surface area (Å²) in [4.78, 5) is 21.6. The molecule has 0 aliphatic heterocycles. The lowest BCUT2D eigenvalue weighted by molar-refractivity contribution is -0.130. The molecule has 84 valence electrons. The predicted octanol–water partition coefficient (Wildman–Crippen LogP) is 2.51. The Hall–Kier alpha value is -2.42. The zero-order valence-corrected chi connectivity index (χ0v) is 8.96. The van der Waals surface area contributed by atoms with Crippen molar-refractivity contribution in [2.24, 2.45) is 0 Å². The minimum absolute atomic E-state index is 0.0109. The van der Waals surface area contributed by atoms with Crippen molar-refractivity contribution in [3.63, 3.8) is 0 Å². The van der Waals surface area contributed by atoms with Crippen molar-refractivity contribution in [2.75, 3.05) is 0 Å². The van der Waals surface area contributed by atoms with Gasteiger partial charge in [-0.25, -0.2) is 4.79 Å². The van der Waals surface area contributed by atoms with Gasteiger partial charge in [0, 0.05) is 0 Å². The number of carboxylic acids is 1. The molecular formula is C14H10O3. The highest BCUT2D eigenvalue weighted by Gasteiger charge is 2.12. The van der Waals surface area contributed by atoms with E-state index in [0.717, 1.165) is 16.8 Å². The second-order valence-electron chi connectivity index (χ2n) is 3.55. The van der Waals surface area contributed by atoms with Crippen LogP contribution < -0.4 is 0 Å². The largest absolute Gasteiger partial charge is 0.478 e. The van der Waals surface area contributed by atoms with Crippen molar-refractivity contribution < 1.29 is 14.7 Å². The third-order valence-electron chi connectivity index (χ3n) is 2.54. The standard InChI is InChI=1S/C14H10O3/c15-9-8-13(14(16)17)12-7-3-5-10-4-1-2-6-11(10)12/h1-9H,(H,16,17)/b13-8+. The van der Waals surface area contributed by atoms with E-state index in [2.05, 4.69) is 0 Å². The number of carbonyl (C=O) groups excluding carboxylic acids is 1. The maximum absolute atomic E-state index is 11.1. The summed E-state index contributed by atoms with van der Waals surface area (Å²) >= 11 is 0. The molecule has 0 bridgehead atoms. The molecule has 3 nitrogen and oxygen atoms in total. The minimum Gasteiger partial charge on any atom is -0.478 e. The van der Waals surface area contributed by atoms with E-state index in [1.807, 2.05) is 30.3 Å². The molecule has 17 heavy (non-hydrogen) atoms. The Bertz CT molecular complexity index is 606. The Morgan fingerprint density at radius 3 is 2.47 bits per heavy atom. The maximum Gasteiger partial charge on any atom is 0.336 e. The predicted molar refractivity (Wildman–Crippen MR) is 65.6 cm³/mol. The van der Waals surface area contributed by atoms with Crippen molar-refractivity contribution >= 4 is 28.6 Å². The first-order valence-corrected chi connectivity index (χ1v) is 5.11. The number of benzene rings is 2. The molecule has 0 atom stereocenters. The first-order chi connectivity index (χ1) is 8.24. The number of hydrogen-bond donors (Lipinski definition) is 1. The van der Waals surface area contributed by atoms with Crippen LogP contribution in [0, 0.1) is 0 Å². The lowest BCUT2D eigenvalue weighted by Gasteiger charge is -2.06. The quantitative estimate of drug-likeness (QED) is 0.646. The molecule has 1 N–H and O–H groups in total. The van der Waals surface area contributed by atoms with Gasteiger partial charge in [0.15, 0.2) is 0 Å². The average molecular weight is 226 g/mol. The molecule has 2 rings (SSSR count). The molecule has 0 fully saturated rings. The zero-order valence-electron chi connectivity index (χ0n) is 8.96. The van der Waals surface area contributed by atoms with Gasteiger partial charge in [0.25, 0.3) is 0 Å². The summed E-state index contributed by atoms with van der Waals surface area (Å²) in [5.41, 5.74) is 0.569. The maximum atomic E-state index is 11.1. The Kier molecular flexibility index (Phi) is 3.01. The zero-order chi connectivity index (χ0) is 12.3. The van der Waals surface area contributed by atoms with Crippen LogP contribution in [-0.2, 0) is 9.59 Å². The van der Waals surface area contributed by atoms with E-state index >= 15 is 0 Å². The summed E-state index contributed by atoms with van der Waals surface area (Å²) in [6.45, 7) is 0. The van der Waals surface area contributed by atoms with Gasteiger partial charge in [-0.15, -0.1) is 0 Å². The molecule has 0 heterocycles. The van der Waals surface area contributed by atoms with Gasteiger partial charge < -0.3 is 5.11 Å². The van der Waals surface area contributed by atoms with Gasteiger partial charge in [-0.2, -0.15) is 0 Å². The summed E-state index contributed by atoms with van der Waals surface area (Å²) in [6, 6.07) is 12.8. The van der Waals surface area contributed by atoms with Crippen LogP contribution in [0.15, 0.2) is 48.5 Å². The highest BCUT2D eigenvalue weighted by atomic mass is 16.4. The van der Waals surface area contributed by atoms with E-state index in [1.165, 1.54) is 0 Å². The first kappa shape index (κ1) is 11.1. The third-order valence-corrected chi connectivity index (χ3v) is 2.54. The van der Waals surface area contributed by atoms with Crippen molar-refractivity contribution in [2.45, 2.75) is 0 Å². The molecule has 2 aromatic carbocycles. The molecule has 0 amide bonds. The summed E-state index contributed by atoms with van der Waals surface area (Å²) in [5, 5.41) is 10.9. The van der Waals surface area contributed by atoms with Crippen LogP contribution in [0.1, 0.15) is 5.56 Å². The Labute approximate surface area is 98.0 Å². The number of allylic oxidation sites excluding steroid dienone is 1. The fourth-order valence-electron chi connectivity index (χ4n) is 1.80. The number of aliphatic carboxylic acids is 1. The van der Waals surface area contributed by atoms with Gasteiger partial charge >= 0.3 is 5.97 Å². The first-order valence-electron chi connectivity index (χ1n) is 5.11. The Balaban J connectivity index is 2.74. The van der Waals surface area contributed by atoms with Crippen LogP contribution >= 0.6 is 0 Å². The topological polar surface area (TPSA) is 54.4 Å². The van der Waals surface area contributed by atoms with Crippen molar-refractivity contribution in [3.8, 4) is 0 Å². The molecule has 0 spiro atoms. The molecule has 0 saturated carbocycles. The number of carboxylic acid groups (broad SMARTS) is 1. The molecule has 0 saturated heterocycles. The Morgan fingerprint density at radius 2 is 1.76 bits per heavy atom. The summed E-state index contributed by atoms with van der Waals surface area (Å²) < 4.78 is 0. The van der Waals surface area contributed by atoms with Crippen molar-refractivity contribution in [1.82, 2.24) is 0 Å². The highest BCUT2D eigenvalue weighted by Crippen LogP contribution is 2.24. The van der Waals surface area contributed by atoms with E-state index < -0.39 is 5.97 Å². The normalized spacial score (nSPS) is 11.4. The van der Waals surface area contributed by atoms with Crippen LogP contribution in [0.25, 0.3) is 16.3 Å².